The molecule has 0 spiro atoms. The fourth-order valence-electron chi connectivity index (χ4n) is 2.52. The number of nitrogens with zero attached hydrogens (tertiary/aromatic N) is 2. The summed E-state index contributed by atoms with van der Waals surface area (Å²) in [6, 6.07) is 11.0. The molecule has 0 saturated heterocycles. The summed E-state index contributed by atoms with van der Waals surface area (Å²) in [6.45, 7) is 0. The number of aromatic nitrogens is 2. The van der Waals surface area contributed by atoms with Gasteiger partial charge in [-0.15, -0.1) is 0 Å². The van der Waals surface area contributed by atoms with Crippen LogP contribution < -0.4 is 9.47 Å². The number of fused-ring (bicyclic) bond motifs is 1. The number of benzene rings is 1. The van der Waals surface area contributed by atoms with Crippen LogP contribution in [0.3, 0.4) is 0 Å². The van der Waals surface area contributed by atoms with Gasteiger partial charge in [-0.1, -0.05) is 6.07 Å². The lowest BCUT2D eigenvalue weighted by Crippen LogP contribution is -1.93. The second-order valence-electron chi connectivity index (χ2n) is 5.01. The van der Waals surface area contributed by atoms with Crippen molar-refractivity contribution in [2.75, 3.05) is 14.2 Å². The zero-order valence-electron chi connectivity index (χ0n) is 13.3. The average Bonchev–Trinajstić information content (AvgIpc) is 2.97. The molecular weight excluding hydrogens is 308 g/mol. The number of imidazole rings is 1. The van der Waals surface area contributed by atoms with Crippen molar-refractivity contribution in [1.82, 2.24) is 9.38 Å². The number of carbonyl (C=O) groups is 1. The number of aliphatic carboxylic acids is 1. The minimum atomic E-state index is -1.02. The van der Waals surface area contributed by atoms with E-state index in [1.165, 1.54) is 6.08 Å². The summed E-state index contributed by atoms with van der Waals surface area (Å²) in [5.41, 5.74) is 2.71. The Balaban J connectivity index is 2.29. The molecular formula is C18H16N2O4. The number of carboxylic acids is 1. The van der Waals surface area contributed by atoms with Crippen molar-refractivity contribution in [2.24, 2.45) is 0 Å². The van der Waals surface area contributed by atoms with E-state index >= 15 is 0 Å². The number of rotatable bonds is 5. The highest BCUT2D eigenvalue weighted by Crippen LogP contribution is 2.35. The van der Waals surface area contributed by atoms with Gasteiger partial charge >= 0.3 is 5.97 Å². The summed E-state index contributed by atoms with van der Waals surface area (Å²) in [7, 11) is 3.16. The molecule has 0 amide bonds. The molecule has 0 bridgehead atoms. The monoisotopic (exact) mass is 324 g/mol. The number of methoxy groups -OCH3 is 2. The number of hydrogen-bond acceptors (Lipinski definition) is 4. The van der Waals surface area contributed by atoms with E-state index in [-0.39, 0.29) is 0 Å². The molecule has 1 N–H and O–H groups in total. The number of hydrogen-bond donors (Lipinski definition) is 1. The lowest BCUT2D eigenvalue weighted by molar-refractivity contribution is -0.131. The molecule has 0 radical (unpaired) electrons. The number of carboxylic acid groups (broad SMARTS) is 1. The second kappa shape index (κ2) is 6.45. The van der Waals surface area contributed by atoms with Crippen molar-refractivity contribution in [3.05, 3.63) is 54.4 Å². The standard InChI is InChI=1S/C18H16N2O4/c1-23-12-6-8-15(24-2)13(11-12)18-14(7-9-17(21)22)20-10-4-3-5-16(20)19-18/h3-11H,1-2H3,(H,21,22)/b9-7+. The smallest absolute Gasteiger partial charge is 0.328 e. The summed E-state index contributed by atoms with van der Waals surface area (Å²) < 4.78 is 12.5. The van der Waals surface area contributed by atoms with E-state index in [9.17, 15) is 4.79 Å². The van der Waals surface area contributed by atoms with E-state index < -0.39 is 5.97 Å². The second-order valence-corrected chi connectivity index (χ2v) is 5.01. The summed E-state index contributed by atoms with van der Waals surface area (Å²) in [4.78, 5) is 15.6. The quantitative estimate of drug-likeness (QED) is 0.730. The SMILES string of the molecule is COc1ccc(OC)c(-c2nc3ccccn3c2/C=C/C(=O)O)c1. The van der Waals surface area contributed by atoms with Gasteiger partial charge in [-0.05, 0) is 36.4 Å². The zero-order valence-corrected chi connectivity index (χ0v) is 13.3. The molecule has 24 heavy (non-hydrogen) atoms. The molecule has 2 aromatic heterocycles. The first-order valence-electron chi connectivity index (χ1n) is 7.24. The maximum absolute atomic E-state index is 10.9. The molecule has 3 rings (SSSR count). The van der Waals surface area contributed by atoms with E-state index in [0.717, 1.165) is 11.6 Å². The highest BCUT2D eigenvalue weighted by atomic mass is 16.5. The Labute approximate surface area is 138 Å². The average molecular weight is 324 g/mol. The Bertz CT molecular complexity index is 928. The molecule has 0 aliphatic heterocycles. The maximum atomic E-state index is 10.9. The van der Waals surface area contributed by atoms with E-state index in [2.05, 4.69) is 4.98 Å². The highest BCUT2D eigenvalue weighted by molar-refractivity contribution is 5.88. The topological polar surface area (TPSA) is 73.1 Å². The minimum absolute atomic E-state index is 0.620. The molecule has 6 heteroatoms. The molecule has 0 saturated carbocycles. The lowest BCUT2D eigenvalue weighted by atomic mass is 10.1. The van der Waals surface area contributed by atoms with Gasteiger partial charge in [-0.2, -0.15) is 0 Å². The van der Waals surface area contributed by atoms with Gasteiger partial charge < -0.3 is 14.6 Å². The van der Waals surface area contributed by atoms with Crippen LogP contribution in [-0.2, 0) is 4.79 Å². The molecule has 6 nitrogen and oxygen atoms in total. The van der Waals surface area contributed by atoms with Crippen molar-refractivity contribution < 1.29 is 19.4 Å². The van der Waals surface area contributed by atoms with E-state index in [0.29, 0.717) is 28.5 Å². The van der Waals surface area contributed by atoms with Crippen LogP contribution in [0.25, 0.3) is 23.0 Å². The van der Waals surface area contributed by atoms with Crippen LogP contribution in [0.4, 0.5) is 0 Å². The van der Waals surface area contributed by atoms with Crippen molar-refractivity contribution in [2.45, 2.75) is 0 Å². The first kappa shape index (κ1) is 15.6. The van der Waals surface area contributed by atoms with Crippen LogP contribution in [0.1, 0.15) is 5.69 Å². The molecule has 0 fully saturated rings. The van der Waals surface area contributed by atoms with Gasteiger partial charge in [0.05, 0.1) is 19.9 Å². The van der Waals surface area contributed by atoms with Gasteiger partial charge in [-0.25, -0.2) is 9.78 Å². The third-order valence-corrected chi connectivity index (χ3v) is 3.61. The van der Waals surface area contributed by atoms with Crippen LogP contribution >= 0.6 is 0 Å². The van der Waals surface area contributed by atoms with E-state index in [4.69, 9.17) is 14.6 Å². The summed E-state index contributed by atoms with van der Waals surface area (Å²) in [6.07, 6.45) is 4.45. The van der Waals surface area contributed by atoms with Gasteiger partial charge in [0, 0.05) is 17.8 Å². The first-order chi connectivity index (χ1) is 11.6. The number of pyridine rings is 1. The van der Waals surface area contributed by atoms with Gasteiger partial charge in [0.2, 0.25) is 0 Å². The molecule has 0 aliphatic carbocycles. The third kappa shape index (κ3) is 2.81. The lowest BCUT2D eigenvalue weighted by Gasteiger charge is -2.09. The zero-order chi connectivity index (χ0) is 17.1. The fourth-order valence-corrected chi connectivity index (χ4v) is 2.52. The Morgan fingerprint density at radius 3 is 2.75 bits per heavy atom. The Kier molecular flexibility index (Phi) is 4.20. The molecule has 2 heterocycles. The molecule has 0 atom stereocenters. The van der Waals surface area contributed by atoms with Gasteiger partial charge in [0.15, 0.2) is 0 Å². The van der Waals surface area contributed by atoms with Gasteiger partial charge in [-0.3, -0.25) is 4.40 Å². The van der Waals surface area contributed by atoms with Crippen LogP contribution in [0, 0.1) is 0 Å². The van der Waals surface area contributed by atoms with Crippen molar-refractivity contribution >= 4 is 17.7 Å². The van der Waals surface area contributed by atoms with Crippen LogP contribution in [0.15, 0.2) is 48.7 Å². The largest absolute Gasteiger partial charge is 0.497 e. The minimum Gasteiger partial charge on any atom is -0.497 e. The Morgan fingerprint density at radius 2 is 2.04 bits per heavy atom. The normalized spacial score (nSPS) is 11.1. The van der Waals surface area contributed by atoms with E-state index in [1.807, 2.05) is 34.9 Å². The van der Waals surface area contributed by atoms with E-state index in [1.54, 1.807) is 26.4 Å². The van der Waals surface area contributed by atoms with Crippen LogP contribution in [-0.4, -0.2) is 34.7 Å². The number of ether oxygens (including phenoxy) is 2. The Hall–Kier alpha value is -3.28. The van der Waals surface area contributed by atoms with Crippen molar-refractivity contribution in [3.8, 4) is 22.8 Å². The predicted molar refractivity (Wildman–Crippen MR) is 90.4 cm³/mol. The van der Waals surface area contributed by atoms with Gasteiger partial charge in [0.25, 0.3) is 0 Å². The molecule has 122 valence electrons. The Morgan fingerprint density at radius 1 is 1.21 bits per heavy atom. The first-order valence-corrected chi connectivity index (χ1v) is 7.24. The summed E-state index contributed by atoms with van der Waals surface area (Å²) in [5.74, 6) is 0.268. The molecule has 3 aromatic rings. The highest BCUT2D eigenvalue weighted by Gasteiger charge is 2.17. The molecule has 1 aromatic carbocycles. The van der Waals surface area contributed by atoms with Crippen LogP contribution in [0.2, 0.25) is 0 Å². The third-order valence-electron chi connectivity index (χ3n) is 3.61. The van der Waals surface area contributed by atoms with Crippen molar-refractivity contribution in [1.29, 1.82) is 0 Å². The molecule has 0 aliphatic rings. The van der Waals surface area contributed by atoms with Crippen molar-refractivity contribution in [3.63, 3.8) is 0 Å². The molecule has 0 unspecified atom stereocenters. The van der Waals surface area contributed by atoms with Gasteiger partial charge in [0.1, 0.15) is 22.8 Å². The summed E-state index contributed by atoms with van der Waals surface area (Å²) >= 11 is 0. The predicted octanol–water partition coefficient (Wildman–Crippen LogP) is 3.12. The maximum Gasteiger partial charge on any atom is 0.328 e. The summed E-state index contributed by atoms with van der Waals surface area (Å²) in [5, 5.41) is 8.97. The van der Waals surface area contributed by atoms with Crippen LogP contribution in [0.5, 0.6) is 11.5 Å². The fraction of sp³-hybridized carbons (Fsp3) is 0.111.